The Bertz CT molecular complexity index is 1780. The number of ether oxygens (including phenoxy) is 1. The molecule has 7 heteroatoms. The zero-order valence-electron chi connectivity index (χ0n) is 25.5. The summed E-state index contributed by atoms with van der Waals surface area (Å²) in [5, 5.41) is 15.0. The second kappa shape index (κ2) is 13.4. The molecule has 232 valence electrons. The number of carboxylic acids is 1. The number of nitrogens with one attached hydrogen (secondary N) is 1. The Morgan fingerprint density at radius 3 is 1.96 bits per heavy atom. The monoisotopic (exact) mass is 674 g/mol. The number of benzene rings is 5. The van der Waals surface area contributed by atoms with Crippen molar-refractivity contribution in [1.82, 2.24) is 5.32 Å². The molecule has 6 nitrogen and oxygen atoms in total. The Morgan fingerprint density at radius 1 is 0.826 bits per heavy atom. The molecule has 46 heavy (non-hydrogen) atoms. The number of anilines is 1. The molecular formula is C39H35BrN2O4. The maximum atomic E-state index is 15.2. The molecular weight excluding hydrogens is 640 g/mol. The van der Waals surface area contributed by atoms with E-state index in [1.807, 2.05) is 140 Å². The van der Waals surface area contributed by atoms with Gasteiger partial charge in [0, 0.05) is 10.0 Å². The summed E-state index contributed by atoms with van der Waals surface area (Å²) < 4.78 is 7.70. The van der Waals surface area contributed by atoms with Crippen molar-refractivity contribution in [2.75, 3.05) is 4.90 Å². The number of carboxylic acid groups (broad SMARTS) is 1. The number of carbonyl (C=O) groups is 2. The highest BCUT2D eigenvalue weighted by Crippen LogP contribution is 2.52. The lowest BCUT2D eigenvalue weighted by Crippen LogP contribution is -2.70. The summed E-state index contributed by atoms with van der Waals surface area (Å²) in [7, 11) is 0. The summed E-state index contributed by atoms with van der Waals surface area (Å²) in [5.74, 6) is -1.61. The summed E-state index contributed by atoms with van der Waals surface area (Å²) in [5.41, 5.74) is 0.761. The van der Waals surface area contributed by atoms with Crippen molar-refractivity contribution < 1.29 is 19.4 Å². The second-order valence-corrected chi connectivity index (χ2v) is 12.3. The first-order chi connectivity index (χ1) is 22.4. The molecule has 2 N–H and O–H groups in total. The summed E-state index contributed by atoms with van der Waals surface area (Å²) in [4.78, 5) is 30.9. The second-order valence-electron chi connectivity index (χ2n) is 11.4. The van der Waals surface area contributed by atoms with Crippen LogP contribution in [0.1, 0.15) is 47.2 Å². The Balaban J connectivity index is 1.57. The number of rotatable bonds is 12. The summed E-state index contributed by atoms with van der Waals surface area (Å²) >= 11 is 3.62. The van der Waals surface area contributed by atoms with E-state index in [1.165, 1.54) is 0 Å². The number of para-hydroxylation sites is 1. The van der Waals surface area contributed by atoms with Gasteiger partial charge in [0.25, 0.3) is 5.91 Å². The van der Waals surface area contributed by atoms with Crippen LogP contribution < -0.4 is 10.2 Å². The van der Waals surface area contributed by atoms with Crippen LogP contribution in [0.15, 0.2) is 144 Å². The maximum Gasteiger partial charge on any atom is 0.327 e. The molecule has 0 saturated heterocycles. The van der Waals surface area contributed by atoms with Gasteiger partial charge in [-0.15, -0.1) is 0 Å². The number of amides is 1. The van der Waals surface area contributed by atoms with Crippen LogP contribution in [-0.4, -0.2) is 22.5 Å². The van der Waals surface area contributed by atoms with E-state index in [0.29, 0.717) is 11.3 Å². The summed E-state index contributed by atoms with van der Waals surface area (Å²) in [6.07, 6.45) is 0.0493. The van der Waals surface area contributed by atoms with Crippen LogP contribution in [0.4, 0.5) is 5.69 Å². The smallest absolute Gasteiger partial charge is 0.327 e. The summed E-state index contributed by atoms with van der Waals surface area (Å²) in [6.45, 7) is 2.06. The average Bonchev–Trinajstić information content (AvgIpc) is 3.33. The van der Waals surface area contributed by atoms with Crippen molar-refractivity contribution in [2.24, 2.45) is 0 Å². The molecule has 0 aromatic heterocycles. The van der Waals surface area contributed by atoms with Gasteiger partial charge in [-0.05, 0) is 40.8 Å². The van der Waals surface area contributed by atoms with E-state index in [2.05, 4.69) is 21.2 Å². The van der Waals surface area contributed by atoms with E-state index in [-0.39, 0.29) is 19.6 Å². The average molecular weight is 676 g/mol. The number of hydrogen-bond acceptors (Lipinski definition) is 4. The quantitative estimate of drug-likeness (QED) is 0.140. The largest absolute Gasteiger partial charge is 0.480 e. The van der Waals surface area contributed by atoms with E-state index in [4.69, 9.17) is 4.74 Å². The predicted octanol–water partition coefficient (Wildman–Crippen LogP) is 8.02. The number of nitrogens with zero attached hydrogens (tertiary/aromatic N) is 1. The third kappa shape index (κ3) is 5.55. The first-order valence-electron chi connectivity index (χ1n) is 15.3. The highest BCUT2D eigenvalue weighted by atomic mass is 79.9. The Morgan fingerprint density at radius 2 is 1.37 bits per heavy atom. The minimum Gasteiger partial charge on any atom is -0.480 e. The molecule has 0 saturated carbocycles. The van der Waals surface area contributed by atoms with Crippen molar-refractivity contribution >= 4 is 33.5 Å². The molecule has 0 spiro atoms. The lowest BCUT2D eigenvalue weighted by atomic mass is 9.72. The van der Waals surface area contributed by atoms with Gasteiger partial charge in [0.05, 0.1) is 24.9 Å². The molecule has 1 heterocycles. The third-order valence-corrected chi connectivity index (χ3v) is 9.63. The fraction of sp³-hybridized carbons (Fsp3) is 0.179. The SMILES string of the molecule is CC[C@](NC(c1ccccc1)c1ccccc1)(C(=O)O)C1(OCc2ccccc2Br)C(=O)N(Cc2ccccc2)c2ccccc21. The minimum absolute atomic E-state index is 0.00126. The molecule has 5 aromatic carbocycles. The maximum absolute atomic E-state index is 15.2. The molecule has 2 atom stereocenters. The van der Waals surface area contributed by atoms with Gasteiger partial charge in [0.1, 0.15) is 0 Å². The fourth-order valence-corrected chi connectivity index (χ4v) is 6.93. The molecule has 0 aliphatic carbocycles. The van der Waals surface area contributed by atoms with Crippen molar-refractivity contribution in [2.45, 2.75) is 43.7 Å². The van der Waals surface area contributed by atoms with Gasteiger partial charge in [0.15, 0.2) is 5.54 Å². The number of aliphatic carboxylic acids is 1. The Kier molecular flexibility index (Phi) is 9.17. The van der Waals surface area contributed by atoms with Crippen molar-refractivity contribution in [3.63, 3.8) is 0 Å². The predicted molar refractivity (Wildman–Crippen MR) is 183 cm³/mol. The van der Waals surface area contributed by atoms with Gasteiger partial charge in [-0.3, -0.25) is 14.9 Å². The molecule has 0 radical (unpaired) electrons. The molecule has 0 fully saturated rings. The molecule has 6 rings (SSSR count). The van der Waals surface area contributed by atoms with Crippen LogP contribution in [0, 0.1) is 0 Å². The van der Waals surface area contributed by atoms with Crippen LogP contribution in [0.3, 0.4) is 0 Å². The van der Waals surface area contributed by atoms with E-state index in [1.54, 1.807) is 11.8 Å². The first-order valence-corrected chi connectivity index (χ1v) is 16.1. The zero-order valence-corrected chi connectivity index (χ0v) is 27.1. The normalized spacial score (nSPS) is 17.1. The summed E-state index contributed by atoms with van der Waals surface area (Å²) in [6, 6.07) is 43.6. The van der Waals surface area contributed by atoms with Crippen molar-refractivity contribution in [3.8, 4) is 0 Å². The van der Waals surface area contributed by atoms with Crippen LogP contribution in [-0.2, 0) is 33.1 Å². The van der Waals surface area contributed by atoms with Crippen LogP contribution in [0.5, 0.6) is 0 Å². The number of fused-ring (bicyclic) bond motifs is 1. The molecule has 5 aromatic rings. The van der Waals surface area contributed by atoms with Gasteiger partial charge in [-0.25, -0.2) is 0 Å². The van der Waals surface area contributed by atoms with Crippen LogP contribution in [0.25, 0.3) is 0 Å². The lowest BCUT2D eigenvalue weighted by Gasteiger charge is -2.46. The molecule has 1 amide bonds. The molecule has 0 bridgehead atoms. The Hall–Kier alpha value is -4.56. The van der Waals surface area contributed by atoms with E-state index >= 15 is 4.79 Å². The van der Waals surface area contributed by atoms with E-state index < -0.39 is 29.1 Å². The molecule has 1 aliphatic rings. The standard InChI is InChI=1S/C39H35BrN2O4/c1-2-38(37(44)45,41-35(29-18-8-4-9-19-29)30-20-10-5-11-21-30)39(46-27-31-22-12-14-24-33(31)40)32-23-13-15-25-34(32)42(36(39)43)26-28-16-6-3-7-17-28/h3-25,35,41H,2,26-27H2,1H3,(H,44,45)/t38-,39?/m0/s1. The lowest BCUT2D eigenvalue weighted by molar-refractivity contribution is -0.181. The molecule has 1 unspecified atom stereocenters. The fourth-order valence-electron chi connectivity index (χ4n) is 6.53. The van der Waals surface area contributed by atoms with Gasteiger partial charge >= 0.3 is 5.97 Å². The van der Waals surface area contributed by atoms with Gasteiger partial charge < -0.3 is 14.7 Å². The van der Waals surface area contributed by atoms with E-state index in [9.17, 15) is 9.90 Å². The van der Waals surface area contributed by atoms with Crippen molar-refractivity contribution in [3.05, 3.63) is 172 Å². The van der Waals surface area contributed by atoms with Gasteiger partial charge in [-0.2, -0.15) is 0 Å². The highest BCUT2D eigenvalue weighted by molar-refractivity contribution is 9.10. The third-order valence-electron chi connectivity index (χ3n) is 8.86. The number of carbonyl (C=O) groups excluding carboxylic acids is 1. The number of halogens is 1. The topological polar surface area (TPSA) is 78.9 Å². The minimum atomic E-state index is -1.93. The van der Waals surface area contributed by atoms with E-state index in [0.717, 1.165) is 26.7 Å². The van der Waals surface area contributed by atoms with Gasteiger partial charge in [0.2, 0.25) is 5.60 Å². The first kappa shape index (κ1) is 31.4. The zero-order chi connectivity index (χ0) is 32.1. The number of hydrogen-bond donors (Lipinski definition) is 2. The highest BCUT2D eigenvalue weighted by Gasteiger charge is 2.68. The van der Waals surface area contributed by atoms with Gasteiger partial charge in [-0.1, -0.05) is 150 Å². The van der Waals surface area contributed by atoms with Crippen LogP contribution >= 0.6 is 15.9 Å². The van der Waals surface area contributed by atoms with Crippen LogP contribution in [0.2, 0.25) is 0 Å². The molecule has 1 aliphatic heterocycles. The Labute approximate surface area is 277 Å². The van der Waals surface area contributed by atoms with Crippen molar-refractivity contribution in [1.29, 1.82) is 0 Å².